The lowest BCUT2D eigenvalue weighted by Crippen LogP contribution is -2.41. The standard InChI is InChI=1S/C24H27ClN2O4/c25-21-7-3-19(4-8-21)24(29)27-11-1-2-18(16-27)17-31-22-9-5-20(6-10-22)23(28)26-12-14-30-15-13-26/h3-10,18H,1-2,11-17H2/t18-/m1/s1. The fourth-order valence-corrected chi connectivity index (χ4v) is 4.14. The average Bonchev–Trinajstić information content (AvgIpc) is 2.83. The van der Waals surface area contributed by atoms with Gasteiger partial charge in [-0.05, 0) is 61.4 Å². The van der Waals surface area contributed by atoms with Gasteiger partial charge in [-0.1, -0.05) is 11.6 Å². The highest BCUT2D eigenvalue weighted by Crippen LogP contribution is 2.22. The van der Waals surface area contributed by atoms with Crippen molar-refractivity contribution in [1.29, 1.82) is 0 Å². The summed E-state index contributed by atoms with van der Waals surface area (Å²) in [6.45, 7) is 4.41. The van der Waals surface area contributed by atoms with Gasteiger partial charge in [0.1, 0.15) is 5.75 Å². The molecule has 6 nitrogen and oxygen atoms in total. The Hall–Kier alpha value is -2.57. The summed E-state index contributed by atoms with van der Waals surface area (Å²) in [6.07, 6.45) is 1.98. The molecular weight excluding hydrogens is 416 g/mol. The molecule has 0 aliphatic carbocycles. The highest BCUT2D eigenvalue weighted by Gasteiger charge is 2.25. The van der Waals surface area contributed by atoms with Gasteiger partial charge in [0.15, 0.2) is 0 Å². The van der Waals surface area contributed by atoms with E-state index in [4.69, 9.17) is 21.1 Å². The van der Waals surface area contributed by atoms with Crippen molar-refractivity contribution in [3.63, 3.8) is 0 Å². The molecule has 2 aliphatic heterocycles. The summed E-state index contributed by atoms with van der Waals surface area (Å²) >= 11 is 5.92. The van der Waals surface area contributed by atoms with E-state index in [1.165, 1.54) is 0 Å². The molecule has 164 valence electrons. The molecule has 2 heterocycles. The Morgan fingerprint density at radius 1 is 0.903 bits per heavy atom. The lowest BCUT2D eigenvalue weighted by atomic mass is 9.98. The number of ether oxygens (including phenoxy) is 2. The number of likely N-dealkylation sites (tertiary alicyclic amines) is 1. The van der Waals surface area contributed by atoms with Crippen molar-refractivity contribution in [1.82, 2.24) is 9.80 Å². The maximum absolute atomic E-state index is 12.8. The van der Waals surface area contributed by atoms with E-state index < -0.39 is 0 Å². The van der Waals surface area contributed by atoms with Crippen LogP contribution in [0.1, 0.15) is 33.6 Å². The van der Waals surface area contributed by atoms with Gasteiger partial charge in [0.2, 0.25) is 0 Å². The van der Waals surface area contributed by atoms with Crippen LogP contribution in [0.15, 0.2) is 48.5 Å². The van der Waals surface area contributed by atoms with Crippen molar-refractivity contribution in [2.24, 2.45) is 5.92 Å². The maximum atomic E-state index is 12.8. The van der Waals surface area contributed by atoms with Crippen molar-refractivity contribution in [2.45, 2.75) is 12.8 Å². The Bertz CT molecular complexity index is 895. The summed E-state index contributed by atoms with van der Waals surface area (Å²) in [7, 11) is 0. The first kappa shape index (κ1) is 21.7. The van der Waals surface area contributed by atoms with Crippen LogP contribution in [0.4, 0.5) is 0 Å². The van der Waals surface area contributed by atoms with Crippen LogP contribution in [-0.4, -0.2) is 67.6 Å². The number of piperidine rings is 1. The van der Waals surface area contributed by atoms with Crippen LogP contribution in [0.25, 0.3) is 0 Å². The third-order valence-corrected chi connectivity index (χ3v) is 6.03. The second kappa shape index (κ2) is 10.2. The van der Waals surface area contributed by atoms with Crippen molar-refractivity contribution in [2.75, 3.05) is 46.0 Å². The topological polar surface area (TPSA) is 59.1 Å². The maximum Gasteiger partial charge on any atom is 0.254 e. The van der Waals surface area contributed by atoms with Crippen LogP contribution in [0.3, 0.4) is 0 Å². The van der Waals surface area contributed by atoms with Crippen molar-refractivity contribution in [3.05, 3.63) is 64.7 Å². The predicted molar refractivity (Wildman–Crippen MR) is 119 cm³/mol. The van der Waals surface area contributed by atoms with E-state index in [2.05, 4.69) is 0 Å². The normalized spacial score (nSPS) is 19.2. The fraction of sp³-hybridized carbons (Fsp3) is 0.417. The van der Waals surface area contributed by atoms with Crippen LogP contribution >= 0.6 is 11.6 Å². The van der Waals surface area contributed by atoms with Gasteiger partial charge in [-0.15, -0.1) is 0 Å². The number of nitrogens with zero attached hydrogens (tertiary/aromatic N) is 2. The van der Waals surface area contributed by atoms with E-state index >= 15 is 0 Å². The lowest BCUT2D eigenvalue weighted by Gasteiger charge is -2.32. The molecule has 0 spiro atoms. The number of morpholine rings is 1. The second-order valence-electron chi connectivity index (χ2n) is 8.01. The summed E-state index contributed by atoms with van der Waals surface area (Å²) in [5, 5.41) is 0.624. The molecule has 0 N–H and O–H groups in total. The van der Waals surface area contributed by atoms with Crippen LogP contribution in [0.5, 0.6) is 5.75 Å². The molecule has 2 saturated heterocycles. The molecule has 1 atom stereocenters. The first-order valence-corrected chi connectivity index (χ1v) is 11.1. The van der Waals surface area contributed by atoms with E-state index in [1.54, 1.807) is 24.3 Å². The summed E-state index contributed by atoms with van der Waals surface area (Å²) in [4.78, 5) is 29.0. The molecule has 0 aromatic heterocycles. The molecule has 2 aliphatic rings. The van der Waals surface area contributed by atoms with E-state index in [9.17, 15) is 9.59 Å². The Kier molecular flexibility index (Phi) is 7.10. The first-order valence-electron chi connectivity index (χ1n) is 10.7. The van der Waals surface area contributed by atoms with Crippen LogP contribution in [-0.2, 0) is 4.74 Å². The highest BCUT2D eigenvalue weighted by molar-refractivity contribution is 6.30. The third kappa shape index (κ3) is 5.57. The number of halogens is 1. The number of rotatable bonds is 5. The van der Waals surface area contributed by atoms with Crippen molar-refractivity contribution >= 4 is 23.4 Å². The Morgan fingerprint density at radius 2 is 1.52 bits per heavy atom. The van der Waals surface area contributed by atoms with Gasteiger partial charge in [0.05, 0.1) is 19.8 Å². The Balaban J connectivity index is 1.29. The zero-order chi connectivity index (χ0) is 21.6. The SMILES string of the molecule is O=C(c1ccc(OC[C@@H]2CCCN(C(=O)c3ccc(Cl)cc3)C2)cc1)N1CCOCC1. The van der Waals surface area contributed by atoms with Gasteiger partial charge in [-0.25, -0.2) is 0 Å². The third-order valence-electron chi connectivity index (χ3n) is 5.78. The number of carbonyl (C=O) groups is 2. The molecule has 2 aromatic rings. The van der Waals surface area contributed by atoms with E-state index in [0.717, 1.165) is 25.1 Å². The number of hydrogen-bond acceptors (Lipinski definition) is 4. The minimum Gasteiger partial charge on any atom is -0.493 e. The van der Waals surface area contributed by atoms with Crippen LogP contribution < -0.4 is 4.74 Å². The molecule has 0 bridgehead atoms. The molecular formula is C24H27ClN2O4. The monoisotopic (exact) mass is 442 g/mol. The largest absolute Gasteiger partial charge is 0.493 e. The molecule has 4 rings (SSSR count). The Labute approximate surface area is 187 Å². The molecule has 31 heavy (non-hydrogen) atoms. The highest BCUT2D eigenvalue weighted by atomic mass is 35.5. The quantitative estimate of drug-likeness (QED) is 0.707. The van der Waals surface area contributed by atoms with Gasteiger partial charge in [-0.2, -0.15) is 0 Å². The minimum atomic E-state index is 0.0264. The molecule has 2 fully saturated rings. The van der Waals surface area contributed by atoms with Crippen LogP contribution in [0, 0.1) is 5.92 Å². The molecule has 0 unspecified atom stereocenters. The summed E-state index contributed by atoms with van der Waals surface area (Å²) in [6, 6.07) is 14.3. The van der Waals surface area contributed by atoms with Crippen molar-refractivity contribution < 1.29 is 19.1 Å². The van der Waals surface area contributed by atoms with Gasteiger partial charge >= 0.3 is 0 Å². The number of carbonyl (C=O) groups excluding carboxylic acids is 2. The molecule has 0 radical (unpaired) electrons. The Morgan fingerprint density at radius 3 is 2.19 bits per heavy atom. The first-order chi connectivity index (χ1) is 15.1. The minimum absolute atomic E-state index is 0.0264. The average molecular weight is 443 g/mol. The lowest BCUT2D eigenvalue weighted by molar-refractivity contribution is 0.0303. The van der Waals surface area contributed by atoms with Crippen molar-refractivity contribution in [3.8, 4) is 5.75 Å². The van der Waals surface area contributed by atoms with Gasteiger partial charge in [0, 0.05) is 48.2 Å². The molecule has 2 amide bonds. The molecule has 0 saturated carbocycles. The zero-order valence-electron chi connectivity index (χ0n) is 17.5. The van der Waals surface area contributed by atoms with E-state index in [1.807, 2.05) is 34.1 Å². The smallest absolute Gasteiger partial charge is 0.254 e. The van der Waals surface area contributed by atoms with E-state index in [0.29, 0.717) is 55.6 Å². The summed E-state index contributed by atoms with van der Waals surface area (Å²) < 4.78 is 11.3. The summed E-state index contributed by atoms with van der Waals surface area (Å²) in [5.74, 6) is 1.07. The fourth-order valence-electron chi connectivity index (χ4n) is 4.02. The molecule has 2 aromatic carbocycles. The molecule has 7 heteroatoms. The van der Waals surface area contributed by atoms with E-state index in [-0.39, 0.29) is 17.7 Å². The summed E-state index contributed by atoms with van der Waals surface area (Å²) in [5.41, 5.74) is 1.32. The van der Waals surface area contributed by atoms with Gasteiger partial charge < -0.3 is 19.3 Å². The number of amides is 2. The second-order valence-corrected chi connectivity index (χ2v) is 8.44. The van der Waals surface area contributed by atoms with Gasteiger partial charge in [0.25, 0.3) is 11.8 Å². The number of benzene rings is 2. The van der Waals surface area contributed by atoms with Crippen LogP contribution in [0.2, 0.25) is 5.02 Å². The number of hydrogen-bond donors (Lipinski definition) is 0. The predicted octanol–water partition coefficient (Wildman–Crippen LogP) is 3.74. The van der Waals surface area contributed by atoms with Gasteiger partial charge in [-0.3, -0.25) is 9.59 Å². The zero-order valence-corrected chi connectivity index (χ0v) is 18.2.